The van der Waals surface area contributed by atoms with Crippen LogP contribution >= 0.6 is 0 Å². The molecule has 0 saturated heterocycles. The van der Waals surface area contributed by atoms with Gasteiger partial charge in [-0.1, -0.05) is 0 Å². The average Bonchev–Trinajstić information content (AvgIpc) is 1.90. The molecule has 0 aliphatic heterocycles. The molecule has 1 N–H and O–H groups in total. The molecule has 1 aromatic heterocycles. The van der Waals surface area contributed by atoms with Gasteiger partial charge in [0.1, 0.15) is 5.69 Å². The summed E-state index contributed by atoms with van der Waals surface area (Å²) < 4.78 is 0. The van der Waals surface area contributed by atoms with Crippen molar-refractivity contribution in [2.24, 2.45) is 0 Å². The van der Waals surface area contributed by atoms with Crippen molar-refractivity contribution in [3.63, 3.8) is 0 Å². The lowest BCUT2D eigenvalue weighted by atomic mass is 10.5. The van der Waals surface area contributed by atoms with Crippen LogP contribution in [0.15, 0.2) is 17.2 Å². The summed E-state index contributed by atoms with van der Waals surface area (Å²) >= 11 is 0. The van der Waals surface area contributed by atoms with Crippen molar-refractivity contribution in [1.29, 1.82) is 0 Å². The van der Waals surface area contributed by atoms with Gasteiger partial charge in [-0.2, -0.15) is 0 Å². The molecule has 0 saturated carbocycles. The Hall–Kier alpha value is -1.45. The summed E-state index contributed by atoms with van der Waals surface area (Å²) in [6, 6.07) is 0. The minimum absolute atomic E-state index is 0.231. The van der Waals surface area contributed by atoms with Crippen molar-refractivity contribution >= 4 is 6.29 Å². The van der Waals surface area contributed by atoms with Crippen molar-refractivity contribution in [2.45, 2.75) is 0 Å². The zero-order valence-corrected chi connectivity index (χ0v) is 4.50. The molecule has 0 spiro atoms. The Kier molecular flexibility index (Phi) is 1.40. The predicted octanol–water partition coefficient (Wildman–Crippen LogP) is -0.418. The second kappa shape index (κ2) is 2.21. The lowest BCUT2D eigenvalue weighted by Crippen LogP contribution is -2.05. The first-order valence-electron chi connectivity index (χ1n) is 2.33. The zero-order valence-electron chi connectivity index (χ0n) is 4.50. The molecule has 1 rings (SSSR count). The molecule has 0 radical (unpaired) electrons. The minimum atomic E-state index is -0.305. The van der Waals surface area contributed by atoms with E-state index in [1.165, 1.54) is 6.20 Å². The second-order valence-electron chi connectivity index (χ2n) is 1.45. The maximum Gasteiger partial charge on any atom is 0.266 e. The highest BCUT2D eigenvalue weighted by Gasteiger charge is 1.86. The van der Waals surface area contributed by atoms with Gasteiger partial charge in [-0.3, -0.25) is 9.59 Å². The fourth-order valence-corrected chi connectivity index (χ4v) is 0.417. The van der Waals surface area contributed by atoms with Crippen LogP contribution in [0.25, 0.3) is 0 Å². The van der Waals surface area contributed by atoms with E-state index < -0.39 is 0 Å². The first-order chi connectivity index (χ1) is 4.33. The number of H-pyrrole nitrogens is 1. The zero-order chi connectivity index (χ0) is 6.69. The molecular weight excluding hydrogens is 120 g/mol. The number of hydrogen-bond acceptors (Lipinski definition) is 3. The van der Waals surface area contributed by atoms with E-state index in [1.807, 2.05) is 0 Å². The van der Waals surface area contributed by atoms with E-state index in [4.69, 9.17) is 0 Å². The highest BCUT2D eigenvalue weighted by molar-refractivity contribution is 5.70. The van der Waals surface area contributed by atoms with Crippen LogP contribution in [0, 0.1) is 0 Å². The van der Waals surface area contributed by atoms with E-state index >= 15 is 0 Å². The number of carbonyl (C=O) groups is 1. The fourth-order valence-electron chi connectivity index (χ4n) is 0.417. The lowest BCUT2D eigenvalue weighted by molar-refractivity contribution is 0.111. The summed E-state index contributed by atoms with van der Waals surface area (Å²) in [7, 11) is 0. The topological polar surface area (TPSA) is 62.8 Å². The van der Waals surface area contributed by atoms with Crippen LogP contribution in [0.5, 0.6) is 0 Å². The van der Waals surface area contributed by atoms with E-state index in [0.717, 1.165) is 6.20 Å². The summed E-state index contributed by atoms with van der Waals surface area (Å²) in [5.74, 6) is 0. The van der Waals surface area contributed by atoms with Crippen LogP contribution in [0.3, 0.4) is 0 Å². The number of nitrogens with one attached hydrogen (secondary N) is 1. The van der Waals surface area contributed by atoms with Gasteiger partial charge in [0.2, 0.25) is 0 Å². The number of aromatic nitrogens is 2. The third-order valence-electron chi connectivity index (χ3n) is 0.814. The highest BCUT2D eigenvalue weighted by atomic mass is 16.1. The van der Waals surface area contributed by atoms with E-state index in [0.29, 0.717) is 6.29 Å². The Morgan fingerprint density at radius 2 is 2.44 bits per heavy atom. The molecule has 46 valence electrons. The molecule has 0 atom stereocenters. The van der Waals surface area contributed by atoms with Crippen molar-refractivity contribution in [2.75, 3.05) is 0 Å². The predicted molar refractivity (Wildman–Crippen MR) is 30.2 cm³/mol. The minimum Gasteiger partial charge on any atom is -0.325 e. The average molecular weight is 124 g/mol. The fraction of sp³-hybridized carbons (Fsp3) is 0. The maximum atomic E-state index is 10.3. The molecule has 0 fully saturated rings. The van der Waals surface area contributed by atoms with Gasteiger partial charge in [-0.25, -0.2) is 4.98 Å². The molecule has 0 amide bonds. The van der Waals surface area contributed by atoms with E-state index in [-0.39, 0.29) is 11.3 Å². The van der Waals surface area contributed by atoms with Gasteiger partial charge in [-0.15, -0.1) is 0 Å². The van der Waals surface area contributed by atoms with Crippen LogP contribution in [-0.4, -0.2) is 16.3 Å². The third-order valence-corrected chi connectivity index (χ3v) is 0.814. The van der Waals surface area contributed by atoms with Crippen LogP contribution in [0.1, 0.15) is 10.5 Å². The van der Waals surface area contributed by atoms with Gasteiger partial charge in [0.15, 0.2) is 6.29 Å². The van der Waals surface area contributed by atoms with Gasteiger partial charge < -0.3 is 4.98 Å². The van der Waals surface area contributed by atoms with Gasteiger partial charge in [0, 0.05) is 6.20 Å². The molecule has 0 aliphatic carbocycles. The summed E-state index contributed by atoms with van der Waals surface area (Å²) in [4.78, 5) is 26.0. The van der Waals surface area contributed by atoms with Crippen molar-refractivity contribution in [1.82, 2.24) is 9.97 Å². The highest BCUT2D eigenvalue weighted by Crippen LogP contribution is 1.76. The Balaban J connectivity index is 3.16. The Bertz CT molecular complexity index is 245. The monoisotopic (exact) mass is 124 g/mol. The number of nitrogens with zero attached hydrogens (tertiary/aromatic N) is 1. The molecule has 1 aromatic rings. The van der Waals surface area contributed by atoms with Crippen molar-refractivity contribution in [3.8, 4) is 0 Å². The quantitative estimate of drug-likeness (QED) is 0.517. The van der Waals surface area contributed by atoms with E-state index in [1.54, 1.807) is 0 Å². The van der Waals surface area contributed by atoms with Gasteiger partial charge in [-0.05, 0) is 0 Å². The Labute approximate surface area is 50.6 Å². The first-order valence-corrected chi connectivity index (χ1v) is 2.33. The summed E-state index contributed by atoms with van der Waals surface area (Å²) in [5.41, 5.74) is -0.0739. The Morgan fingerprint density at radius 3 is 2.89 bits per heavy atom. The molecule has 1 heterocycles. The largest absolute Gasteiger partial charge is 0.325 e. The van der Waals surface area contributed by atoms with Gasteiger partial charge >= 0.3 is 0 Å². The Morgan fingerprint density at radius 1 is 1.67 bits per heavy atom. The molecule has 0 aliphatic rings. The van der Waals surface area contributed by atoms with Crippen molar-refractivity contribution in [3.05, 3.63) is 28.4 Å². The number of aromatic amines is 1. The SMILES string of the molecule is O=Cc1c[nH]c(=O)cn1. The first kappa shape index (κ1) is 5.68. The molecule has 0 aromatic carbocycles. The molecule has 0 unspecified atom stereocenters. The molecular formula is C5H4N2O2. The van der Waals surface area contributed by atoms with Crippen LogP contribution < -0.4 is 5.56 Å². The molecule has 9 heavy (non-hydrogen) atoms. The van der Waals surface area contributed by atoms with Crippen molar-refractivity contribution < 1.29 is 4.79 Å². The third kappa shape index (κ3) is 1.22. The lowest BCUT2D eigenvalue weighted by Gasteiger charge is -1.82. The smallest absolute Gasteiger partial charge is 0.266 e. The summed E-state index contributed by atoms with van der Waals surface area (Å²) in [5, 5.41) is 0. The number of hydrogen-bond donors (Lipinski definition) is 1. The second-order valence-corrected chi connectivity index (χ2v) is 1.45. The van der Waals surface area contributed by atoms with Gasteiger partial charge in [0.05, 0.1) is 6.20 Å². The summed E-state index contributed by atoms with van der Waals surface area (Å²) in [6.45, 7) is 0. The molecule has 4 nitrogen and oxygen atoms in total. The summed E-state index contributed by atoms with van der Waals surface area (Å²) in [6.07, 6.45) is 2.88. The molecule has 0 bridgehead atoms. The van der Waals surface area contributed by atoms with E-state index in [2.05, 4.69) is 9.97 Å². The number of aldehydes is 1. The number of carbonyl (C=O) groups excluding carboxylic acids is 1. The number of rotatable bonds is 1. The van der Waals surface area contributed by atoms with Crippen LogP contribution in [0.2, 0.25) is 0 Å². The van der Waals surface area contributed by atoms with Gasteiger partial charge in [0.25, 0.3) is 5.56 Å². The standard InChI is InChI=1S/C5H4N2O2/c8-3-4-1-7-5(9)2-6-4/h1-3H,(H,7,9). The van der Waals surface area contributed by atoms with Crippen LogP contribution in [-0.2, 0) is 0 Å². The normalized spacial score (nSPS) is 8.89. The molecule has 4 heteroatoms. The van der Waals surface area contributed by atoms with Crippen LogP contribution in [0.4, 0.5) is 0 Å². The van der Waals surface area contributed by atoms with E-state index in [9.17, 15) is 9.59 Å². The maximum absolute atomic E-state index is 10.3.